The molecule has 22 heavy (non-hydrogen) atoms. The molecule has 124 valence electrons. The minimum Gasteiger partial charge on any atom is -0.404 e. The summed E-state index contributed by atoms with van der Waals surface area (Å²) in [5, 5.41) is 3.29. The molecule has 0 amide bonds. The third kappa shape index (κ3) is 4.76. The van der Waals surface area contributed by atoms with Crippen LogP contribution in [0.2, 0.25) is 5.02 Å². The van der Waals surface area contributed by atoms with Crippen LogP contribution in [0.4, 0.5) is 13.2 Å². The van der Waals surface area contributed by atoms with Gasteiger partial charge in [0.2, 0.25) is 0 Å². The number of alkyl halides is 3. The predicted octanol–water partition coefficient (Wildman–Crippen LogP) is 3.99. The van der Waals surface area contributed by atoms with Gasteiger partial charge in [0.15, 0.2) is 0 Å². The summed E-state index contributed by atoms with van der Waals surface area (Å²) in [6.45, 7) is 5.77. The second kappa shape index (κ2) is 7.53. The number of halogens is 4. The highest BCUT2D eigenvalue weighted by molar-refractivity contribution is 6.32. The minimum atomic E-state index is -4.73. The molecule has 1 aliphatic heterocycles. The summed E-state index contributed by atoms with van der Waals surface area (Å²) in [5.74, 6) is -0.353. The zero-order chi connectivity index (χ0) is 16.2. The molecule has 1 atom stereocenters. The maximum atomic E-state index is 12.3. The predicted molar refractivity (Wildman–Crippen MR) is 80.2 cm³/mol. The van der Waals surface area contributed by atoms with Gasteiger partial charge in [-0.3, -0.25) is 4.90 Å². The first-order valence-corrected chi connectivity index (χ1v) is 7.78. The van der Waals surface area contributed by atoms with Gasteiger partial charge in [0.05, 0.1) is 5.02 Å². The van der Waals surface area contributed by atoms with E-state index in [0.717, 1.165) is 44.6 Å². The van der Waals surface area contributed by atoms with E-state index in [0.29, 0.717) is 0 Å². The minimum absolute atomic E-state index is 0.00828. The zero-order valence-electron chi connectivity index (χ0n) is 12.4. The third-order valence-corrected chi connectivity index (χ3v) is 4.02. The average molecular weight is 337 g/mol. The van der Waals surface area contributed by atoms with Crippen molar-refractivity contribution >= 4 is 11.6 Å². The summed E-state index contributed by atoms with van der Waals surface area (Å²) >= 11 is 5.96. The number of nitrogens with zero attached hydrogens (tertiary/aromatic N) is 1. The molecule has 3 nitrogen and oxygen atoms in total. The van der Waals surface area contributed by atoms with Crippen LogP contribution in [0.25, 0.3) is 0 Å². The second-order valence-corrected chi connectivity index (χ2v) is 5.74. The van der Waals surface area contributed by atoms with Crippen LogP contribution in [0.3, 0.4) is 0 Å². The van der Waals surface area contributed by atoms with Crippen molar-refractivity contribution < 1.29 is 17.9 Å². The van der Waals surface area contributed by atoms with E-state index < -0.39 is 6.36 Å². The monoisotopic (exact) mass is 336 g/mol. The van der Waals surface area contributed by atoms with Crippen LogP contribution in [0.1, 0.15) is 31.4 Å². The van der Waals surface area contributed by atoms with Crippen LogP contribution < -0.4 is 10.1 Å². The molecule has 1 N–H and O–H groups in total. The summed E-state index contributed by atoms with van der Waals surface area (Å²) in [5.41, 5.74) is 0.934. The van der Waals surface area contributed by atoms with E-state index >= 15 is 0 Å². The van der Waals surface area contributed by atoms with Gasteiger partial charge in [0.1, 0.15) is 5.75 Å². The van der Waals surface area contributed by atoms with Gasteiger partial charge >= 0.3 is 6.36 Å². The van der Waals surface area contributed by atoms with Crippen molar-refractivity contribution in [1.82, 2.24) is 10.2 Å². The van der Waals surface area contributed by atoms with Crippen molar-refractivity contribution in [2.45, 2.75) is 32.2 Å². The van der Waals surface area contributed by atoms with Crippen LogP contribution in [-0.2, 0) is 0 Å². The fourth-order valence-corrected chi connectivity index (χ4v) is 2.99. The van der Waals surface area contributed by atoms with Crippen molar-refractivity contribution in [2.75, 3.05) is 26.2 Å². The summed E-state index contributed by atoms with van der Waals surface area (Å²) in [7, 11) is 0. The van der Waals surface area contributed by atoms with Crippen LogP contribution >= 0.6 is 11.6 Å². The van der Waals surface area contributed by atoms with Gasteiger partial charge in [-0.25, -0.2) is 0 Å². The fraction of sp³-hybridized carbons (Fsp3) is 0.600. The molecule has 1 saturated heterocycles. The topological polar surface area (TPSA) is 24.5 Å². The lowest BCUT2D eigenvalue weighted by molar-refractivity contribution is -0.274. The number of ether oxygens (including phenoxy) is 1. The lowest BCUT2D eigenvalue weighted by atomic mass is 9.99. The fourth-order valence-electron chi connectivity index (χ4n) is 2.76. The number of rotatable bonds is 5. The van der Waals surface area contributed by atoms with Crippen LogP contribution in [0.5, 0.6) is 5.75 Å². The van der Waals surface area contributed by atoms with Gasteiger partial charge in [0.25, 0.3) is 0 Å². The van der Waals surface area contributed by atoms with E-state index in [-0.39, 0.29) is 16.8 Å². The number of nitrogens with one attached hydrogen (secondary N) is 1. The number of benzene rings is 1. The Morgan fingerprint density at radius 1 is 1.32 bits per heavy atom. The molecule has 1 aromatic rings. The first-order valence-electron chi connectivity index (χ1n) is 7.40. The summed E-state index contributed by atoms with van der Waals surface area (Å²) in [6.07, 6.45) is -2.80. The third-order valence-electron chi connectivity index (χ3n) is 3.72. The van der Waals surface area contributed by atoms with E-state index in [9.17, 15) is 13.2 Å². The molecule has 0 bridgehead atoms. The molecule has 7 heteroatoms. The normalized spacial score (nSPS) is 18.2. The Hall–Kier alpha value is -0.980. The molecule has 1 fully saturated rings. The van der Waals surface area contributed by atoms with Gasteiger partial charge in [-0.2, -0.15) is 0 Å². The van der Waals surface area contributed by atoms with Gasteiger partial charge in [-0.15, -0.1) is 13.2 Å². The Balaban J connectivity index is 2.19. The van der Waals surface area contributed by atoms with E-state index in [1.54, 1.807) is 12.1 Å². The number of piperazine rings is 1. The molecule has 0 radical (unpaired) electrons. The maximum absolute atomic E-state index is 12.3. The van der Waals surface area contributed by atoms with Crippen LogP contribution in [-0.4, -0.2) is 37.4 Å². The van der Waals surface area contributed by atoms with Gasteiger partial charge in [0, 0.05) is 32.2 Å². The highest BCUT2D eigenvalue weighted by Crippen LogP contribution is 2.34. The van der Waals surface area contributed by atoms with E-state index in [2.05, 4.69) is 21.9 Å². The summed E-state index contributed by atoms with van der Waals surface area (Å²) in [6, 6.07) is 4.74. The maximum Gasteiger partial charge on any atom is 0.573 e. The summed E-state index contributed by atoms with van der Waals surface area (Å²) < 4.78 is 40.8. The van der Waals surface area contributed by atoms with Gasteiger partial charge < -0.3 is 10.1 Å². The Kier molecular flexibility index (Phi) is 5.94. The molecule has 2 rings (SSSR count). The highest BCUT2D eigenvalue weighted by atomic mass is 35.5. The lowest BCUT2D eigenvalue weighted by Gasteiger charge is -2.35. The zero-order valence-corrected chi connectivity index (χ0v) is 13.2. The molecule has 1 aliphatic rings. The molecule has 1 heterocycles. The van der Waals surface area contributed by atoms with Crippen molar-refractivity contribution in [3.05, 3.63) is 28.8 Å². The largest absolute Gasteiger partial charge is 0.573 e. The standard InChI is InChI=1S/C15H20ClF3N2O/c1-2-3-13(21-8-6-20-7-9-21)11-4-5-14(12(16)10-11)22-15(17,18)19/h4-5,10,13,20H,2-3,6-9H2,1H3/t13-/m0/s1. The SMILES string of the molecule is CCC[C@@H](c1ccc(OC(F)(F)F)c(Cl)c1)N1CCNCC1. The first-order chi connectivity index (χ1) is 10.4. The lowest BCUT2D eigenvalue weighted by Crippen LogP contribution is -2.45. The smallest absolute Gasteiger partial charge is 0.404 e. The van der Waals surface area contributed by atoms with Crippen molar-refractivity contribution in [3.63, 3.8) is 0 Å². The summed E-state index contributed by atoms with van der Waals surface area (Å²) in [4.78, 5) is 2.34. The number of hydrogen-bond donors (Lipinski definition) is 1. The Bertz CT molecular complexity index is 490. The van der Waals surface area contributed by atoms with Crippen molar-refractivity contribution in [2.24, 2.45) is 0 Å². The molecular formula is C15H20ClF3N2O. The van der Waals surface area contributed by atoms with Crippen LogP contribution in [0, 0.1) is 0 Å². The van der Waals surface area contributed by atoms with E-state index in [1.807, 2.05) is 0 Å². The molecule has 0 spiro atoms. The van der Waals surface area contributed by atoms with E-state index in [1.165, 1.54) is 6.07 Å². The van der Waals surface area contributed by atoms with Gasteiger partial charge in [-0.1, -0.05) is 31.0 Å². The average Bonchev–Trinajstić information content (AvgIpc) is 2.47. The molecule has 0 aliphatic carbocycles. The molecular weight excluding hydrogens is 317 g/mol. The Labute approximate surface area is 133 Å². The number of hydrogen-bond acceptors (Lipinski definition) is 3. The van der Waals surface area contributed by atoms with Gasteiger partial charge in [-0.05, 0) is 24.1 Å². The Morgan fingerprint density at radius 3 is 2.55 bits per heavy atom. The first kappa shape index (κ1) is 17.4. The molecule has 0 saturated carbocycles. The van der Waals surface area contributed by atoms with Crippen LogP contribution in [0.15, 0.2) is 18.2 Å². The quantitative estimate of drug-likeness (QED) is 0.880. The van der Waals surface area contributed by atoms with Crippen molar-refractivity contribution in [1.29, 1.82) is 0 Å². The Morgan fingerprint density at radius 2 is 2.00 bits per heavy atom. The van der Waals surface area contributed by atoms with Crippen molar-refractivity contribution in [3.8, 4) is 5.75 Å². The second-order valence-electron chi connectivity index (χ2n) is 5.33. The molecule has 0 aromatic heterocycles. The molecule has 1 aromatic carbocycles. The van der Waals surface area contributed by atoms with E-state index in [4.69, 9.17) is 11.6 Å². The molecule has 0 unspecified atom stereocenters. The highest BCUT2D eigenvalue weighted by Gasteiger charge is 2.32.